The fourth-order valence-electron chi connectivity index (χ4n) is 2.22. The average molecular weight is 205 g/mol. The summed E-state index contributed by atoms with van der Waals surface area (Å²) < 4.78 is 0. The second-order valence-corrected chi connectivity index (χ2v) is 4.61. The van der Waals surface area contributed by atoms with Gasteiger partial charge >= 0.3 is 0 Å². The van der Waals surface area contributed by atoms with E-state index in [4.69, 9.17) is 0 Å². The van der Waals surface area contributed by atoms with Gasteiger partial charge in [-0.05, 0) is 31.4 Å². The Morgan fingerprint density at radius 3 is 2.80 bits per heavy atom. The fourth-order valence-corrected chi connectivity index (χ4v) is 2.22. The molecule has 0 radical (unpaired) electrons. The van der Waals surface area contributed by atoms with Gasteiger partial charge in [-0.15, -0.1) is 0 Å². The number of aryl methyl sites for hydroxylation is 2. The van der Waals surface area contributed by atoms with Crippen LogP contribution in [0.1, 0.15) is 23.1 Å². The largest absolute Gasteiger partial charge is 0.392 e. The quantitative estimate of drug-likeness (QED) is 0.796. The second-order valence-electron chi connectivity index (χ2n) is 4.61. The number of β-amino-alcohol motifs (C(OH)–C–C–N with tert-alkyl or cyclic N) is 1. The Morgan fingerprint density at radius 1 is 1.40 bits per heavy atom. The first-order chi connectivity index (χ1) is 7.15. The molecule has 1 aromatic carbocycles. The molecule has 1 N–H and O–H groups in total. The maximum absolute atomic E-state index is 9.45. The lowest BCUT2D eigenvalue weighted by atomic mass is 10.1. The highest BCUT2D eigenvalue weighted by molar-refractivity contribution is 5.30. The summed E-state index contributed by atoms with van der Waals surface area (Å²) in [4.78, 5) is 2.32. The normalized spacial score (nSPS) is 22.2. The number of likely N-dealkylation sites (tertiary alicyclic amines) is 1. The summed E-state index contributed by atoms with van der Waals surface area (Å²) in [7, 11) is 0. The molecule has 1 saturated heterocycles. The number of hydrogen-bond donors (Lipinski definition) is 1. The van der Waals surface area contributed by atoms with Crippen LogP contribution in [0.3, 0.4) is 0 Å². The van der Waals surface area contributed by atoms with Crippen molar-refractivity contribution in [3.8, 4) is 0 Å². The van der Waals surface area contributed by atoms with E-state index in [-0.39, 0.29) is 6.10 Å². The van der Waals surface area contributed by atoms with Crippen molar-refractivity contribution in [1.29, 1.82) is 0 Å². The van der Waals surface area contributed by atoms with Crippen molar-refractivity contribution in [1.82, 2.24) is 4.90 Å². The standard InChI is InChI=1S/C13H19NO/c1-10-3-4-12(11(2)7-10)8-14-6-5-13(15)9-14/h3-4,7,13,15H,5-6,8-9H2,1-2H3/t13-/m1/s1. The zero-order valence-electron chi connectivity index (χ0n) is 9.53. The number of benzene rings is 1. The Morgan fingerprint density at radius 2 is 2.20 bits per heavy atom. The highest BCUT2D eigenvalue weighted by atomic mass is 16.3. The lowest BCUT2D eigenvalue weighted by Crippen LogP contribution is -2.21. The number of aliphatic hydroxyl groups excluding tert-OH is 1. The van der Waals surface area contributed by atoms with E-state index in [9.17, 15) is 5.11 Å². The molecule has 1 atom stereocenters. The van der Waals surface area contributed by atoms with Gasteiger partial charge in [0.2, 0.25) is 0 Å². The maximum atomic E-state index is 9.45. The minimum Gasteiger partial charge on any atom is -0.392 e. The van der Waals surface area contributed by atoms with E-state index < -0.39 is 0 Å². The van der Waals surface area contributed by atoms with Crippen molar-refractivity contribution in [3.63, 3.8) is 0 Å². The highest BCUT2D eigenvalue weighted by Gasteiger charge is 2.20. The molecule has 1 fully saturated rings. The van der Waals surface area contributed by atoms with E-state index in [1.54, 1.807) is 0 Å². The number of hydrogen-bond acceptors (Lipinski definition) is 2. The van der Waals surface area contributed by atoms with Crippen molar-refractivity contribution in [2.75, 3.05) is 13.1 Å². The maximum Gasteiger partial charge on any atom is 0.0679 e. The molecular formula is C13H19NO. The Bertz CT molecular complexity index is 348. The van der Waals surface area contributed by atoms with E-state index in [0.717, 1.165) is 26.1 Å². The molecular weight excluding hydrogens is 186 g/mol. The lowest BCUT2D eigenvalue weighted by Gasteiger charge is -2.16. The second kappa shape index (κ2) is 4.33. The summed E-state index contributed by atoms with van der Waals surface area (Å²) >= 11 is 0. The minimum atomic E-state index is -0.115. The summed E-state index contributed by atoms with van der Waals surface area (Å²) in [5.41, 5.74) is 4.06. The van der Waals surface area contributed by atoms with Gasteiger partial charge in [0.1, 0.15) is 0 Å². The van der Waals surface area contributed by atoms with E-state index in [1.165, 1.54) is 16.7 Å². The van der Waals surface area contributed by atoms with Crippen molar-refractivity contribution < 1.29 is 5.11 Å². The summed E-state index contributed by atoms with van der Waals surface area (Å²) in [6.45, 7) is 7.11. The first kappa shape index (κ1) is 10.7. The molecule has 1 aliphatic heterocycles. The van der Waals surface area contributed by atoms with Crippen LogP contribution in [0.25, 0.3) is 0 Å². The summed E-state index contributed by atoms with van der Waals surface area (Å²) in [6, 6.07) is 6.59. The van der Waals surface area contributed by atoms with Gasteiger partial charge < -0.3 is 5.11 Å². The van der Waals surface area contributed by atoms with Crippen LogP contribution < -0.4 is 0 Å². The molecule has 0 aliphatic carbocycles. The van der Waals surface area contributed by atoms with Crippen LogP contribution in [0.4, 0.5) is 0 Å². The van der Waals surface area contributed by atoms with Gasteiger partial charge in [0.15, 0.2) is 0 Å². The summed E-state index contributed by atoms with van der Waals surface area (Å²) in [5, 5.41) is 9.45. The van der Waals surface area contributed by atoms with E-state index >= 15 is 0 Å². The third-order valence-corrected chi connectivity index (χ3v) is 3.14. The first-order valence-electron chi connectivity index (χ1n) is 5.61. The van der Waals surface area contributed by atoms with Gasteiger partial charge in [0.05, 0.1) is 6.10 Å². The molecule has 2 heteroatoms. The Hall–Kier alpha value is -0.860. The molecule has 1 aromatic rings. The Labute approximate surface area is 91.5 Å². The van der Waals surface area contributed by atoms with Crippen molar-refractivity contribution >= 4 is 0 Å². The predicted octanol–water partition coefficient (Wildman–Crippen LogP) is 1.87. The molecule has 0 bridgehead atoms. The van der Waals surface area contributed by atoms with Gasteiger partial charge in [-0.25, -0.2) is 0 Å². The minimum absolute atomic E-state index is 0.115. The predicted molar refractivity (Wildman–Crippen MR) is 61.8 cm³/mol. The van der Waals surface area contributed by atoms with Crippen LogP contribution in [0, 0.1) is 13.8 Å². The number of nitrogens with zero attached hydrogens (tertiary/aromatic N) is 1. The van der Waals surface area contributed by atoms with Gasteiger partial charge in [-0.1, -0.05) is 23.8 Å². The first-order valence-corrected chi connectivity index (χ1v) is 5.61. The van der Waals surface area contributed by atoms with Crippen LogP contribution in [0.2, 0.25) is 0 Å². The number of aliphatic hydroxyl groups is 1. The fraction of sp³-hybridized carbons (Fsp3) is 0.538. The lowest BCUT2D eigenvalue weighted by molar-refractivity contribution is 0.174. The molecule has 0 aromatic heterocycles. The molecule has 1 heterocycles. The van der Waals surface area contributed by atoms with Gasteiger partial charge in [0, 0.05) is 19.6 Å². The number of rotatable bonds is 2. The molecule has 0 spiro atoms. The zero-order valence-corrected chi connectivity index (χ0v) is 9.53. The molecule has 15 heavy (non-hydrogen) atoms. The Kier molecular flexibility index (Phi) is 3.08. The average Bonchev–Trinajstić information content (AvgIpc) is 2.56. The highest BCUT2D eigenvalue weighted by Crippen LogP contribution is 2.16. The molecule has 0 amide bonds. The van der Waals surface area contributed by atoms with Crippen LogP contribution in [0.15, 0.2) is 18.2 Å². The van der Waals surface area contributed by atoms with Gasteiger partial charge in [-0.2, -0.15) is 0 Å². The van der Waals surface area contributed by atoms with Crippen LogP contribution in [-0.4, -0.2) is 29.2 Å². The molecule has 82 valence electrons. The molecule has 1 aliphatic rings. The summed E-state index contributed by atoms with van der Waals surface area (Å²) in [5.74, 6) is 0. The third kappa shape index (κ3) is 2.58. The van der Waals surface area contributed by atoms with Crippen molar-refractivity contribution in [2.45, 2.75) is 32.9 Å². The monoisotopic (exact) mass is 205 g/mol. The molecule has 2 nitrogen and oxygen atoms in total. The van der Waals surface area contributed by atoms with Gasteiger partial charge in [-0.3, -0.25) is 4.90 Å². The smallest absolute Gasteiger partial charge is 0.0679 e. The van der Waals surface area contributed by atoms with Crippen molar-refractivity contribution in [2.24, 2.45) is 0 Å². The van der Waals surface area contributed by atoms with Crippen LogP contribution in [-0.2, 0) is 6.54 Å². The zero-order chi connectivity index (χ0) is 10.8. The van der Waals surface area contributed by atoms with Crippen LogP contribution in [0.5, 0.6) is 0 Å². The molecule has 0 unspecified atom stereocenters. The third-order valence-electron chi connectivity index (χ3n) is 3.14. The topological polar surface area (TPSA) is 23.5 Å². The molecule has 0 saturated carbocycles. The van der Waals surface area contributed by atoms with E-state index in [0.29, 0.717) is 0 Å². The van der Waals surface area contributed by atoms with Crippen molar-refractivity contribution in [3.05, 3.63) is 34.9 Å². The van der Waals surface area contributed by atoms with Crippen LogP contribution >= 0.6 is 0 Å². The molecule has 2 rings (SSSR count). The Balaban J connectivity index is 2.04. The van der Waals surface area contributed by atoms with Gasteiger partial charge in [0.25, 0.3) is 0 Å². The van der Waals surface area contributed by atoms with E-state index in [1.807, 2.05) is 0 Å². The van der Waals surface area contributed by atoms with E-state index in [2.05, 4.69) is 36.9 Å². The SMILES string of the molecule is Cc1ccc(CN2CC[C@@H](O)C2)c(C)c1. The summed E-state index contributed by atoms with van der Waals surface area (Å²) in [6.07, 6.45) is 0.806.